The van der Waals surface area contributed by atoms with Crippen LogP contribution in [0.15, 0.2) is 42.5 Å². The van der Waals surface area contributed by atoms with E-state index in [4.69, 9.17) is 14.2 Å². The zero-order valence-electron chi connectivity index (χ0n) is 13.1. The van der Waals surface area contributed by atoms with Gasteiger partial charge in [-0.3, -0.25) is 4.79 Å². The van der Waals surface area contributed by atoms with Crippen LogP contribution in [0.5, 0.6) is 17.2 Å². The van der Waals surface area contributed by atoms with Crippen LogP contribution in [0.25, 0.3) is 6.08 Å². The molecule has 0 aliphatic heterocycles. The Hall–Kier alpha value is -2.82. The Balaban J connectivity index is 2.36. The molecule has 0 heterocycles. The molecule has 0 saturated heterocycles. The van der Waals surface area contributed by atoms with Crippen LogP contribution in [0.1, 0.15) is 15.9 Å². The number of rotatable bonds is 6. The molecular formula is C18H17FO4. The highest BCUT2D eigenvalue weighted by Gasteiger charge is 2.18. The normalized spacial score (nSPS) is 10.6. The van der Waals surface area contributed by atoms with E-state index in [-0.39, 0.29) is 11.6 Å². The van der Waals surface area contributed by atoms with Crippen molar-refractivity contribution in [2.75, 3.05) is 21.3 Å². The van der Waals surface area contributed by atoms with Crippen molar-refractivity contribution >= 4 is 11.9 Å². The minimum absolute atomic E-state index is 0.286. The number of hydrogen-bond donors (Lipinski definition) is 0. The molecule has 0 fully saturated rings. The van der Waals surface area contributed by atoms with E-state index in [0.29, 0.717) is 28.4 Å². The Morgan fingerprint density at radius 1 is 0.957 bits per heavy atom. The number of ether oxygens (including phenoxy) is 3. The van der Waals surface area contributed by atoms with E-state index in [1.807, 2.05) is 0 Å². The summed E-state index contributed by atoms with van der Waals surface area (Å²) in [4.78, 5) is 12.5. The lowest BCUT2D eigenvalue weighted by molar-refractivity contribution is 0.104. The first-order valence-electron chi connectivity index (χ1n) is 6.87. The largest absolute Gasteiger partial charge is 0.496 e. The molecule has 0 bridgehead atoms. The molecule has 0 N–H and O–H groups in total. The molecule has 2 aromatic rings. The van der Waals surface area contributed by atoms with E-state index in [1.165, 1.54) is 39.5 Å². The van der Waals surface area contributed by atoms with Gasteiger partial charge in [0.2, 0.25) is 0 Å². The van der Waals surface area contributed by atoms with Crippen LogP contribution in [-0.4, -0.2) is 27.1 Å². The smallest absolute Gasteiger partial charge is 0.193 e. The summed E-state index contributed by atoms with van der Waals surface area (Å²) in [5.74, 6) is 0.625. The Morgan fingerprint density at radius 2 is 1.52 bits per heavy atom. The van der Waals surface area contributed by atoms with Crippen LogP contribution in [0.2, 0.25) is 0 Å². The molecule has 4 nitrogen and oxygen atoms in total. The second-order valence-electron chi connectivity index (χ2n) is 4.66. The highest BCUT2D eigenvalue weighted by Crippen LogP contribution is 2.34. The average molecular weight is 316 g/mol. The quantitative estimate of drug-likeness (QED) is 0.601. The molecule has 0 aliphatic rings. The molecule has 2 aromatic carbocycles. The van der Waals surface area contributed by atoms with Gasteiger partial charge in [0.15, 0.2) is 5.78 Å². The minimum Gasteiger partial charge on any atom is -0.496 e. The predicted molar refractivity (Wildman–Crippen MR) is 85.9 cm³/mol. The predicted octanol–water partition coefficient (Wildman–Crippen LogP) is 3.75. The number of hydrogen-bond acceptors (Lipinski definition) is 4. The maximum absolute atomic E-state index is 12.9. The summed E-state index contributed by atoms with van der Waals surface area (Å²) in [5.41, 5.74) is 1.01. The highest BCUT2D eigenvalue weighted by atomic mass is 19.1. The maximum atomic E-state index is 12.9. The van der Waals surface area contributed by atoms with Gasteiger partial charge in [0.1, 0.15) is 28.6 Å². The number of halogens is 1. The minimum atomic E-state index is -0.327. The number of methoxy groups -OCH3 is 3. The number of carbonyl (C=O) groups excluding carboxylic acids is 1. The standard InChI is InChI=1S/C18H17FO4/c1-21-14-10-16(22-2)18(17(11-14)23-3)15(20)9-6-12-4-7-13(19)8-5-12/h4-11H,1-3H3/b9-6+. The van der Waals surface area contributed by atoms with Crippen molar-refractivity contribution < 1.29 is 23.4 Å². The third-order valence-corrected chi connectivity index (χ3v) is 3.26. The number of benzene rings is 2. The molecule has 0 unspecified atom stereocenters. The molecule has 5 heteroatoms. The van der Waals surface area contributed by atoms with Crippen LogP contribution in [0.3, 0.4) is 0 Å². The number of allylic oxidation sites excluding steroid dienone is 1. The lowest BCUT2D eigenvalue weighted by atomic mass is 10.1. The summed E-state index contributed by atoms with van der Waals surface area (Å²) in [6.45, 7) is 0. The second-order valence-corrected chi connectivity index (χ2v) is 4.66. The van der Waals surface area contributed by atoms with Crippen molar-refractivity contribution in [1.82, 2.24) is 0 Å². The summed E-state index contributed by atoms with van der Waals surface area (Å²) in [7, 11) is 4.45. The van der Waals surface area contributed by atoms with Crippen molar-refractivity contribution in [2.45, 2.75) is 0 Å². The Morgan fingerprint density at radius 3 is 2.00 bits per heavy atom. The van der Waals surface area contributed by atoms with Gasteiger partial charge in [0, 0.05) is 12.1 Å². The first-order valence-corrected chi connectivity index (χ1v) is 6.87. The molecule has 0 spiro atoms. The summed E-state index contributed by atoms with van der Waals surface area (Å²) in [5, 5.41) is 0. The van der Waals surface area contributed by atoms with Gasteiger partial charge in [-0.25, -0.2) is 4.39 Å². The summed E-state index contributed by atoms with van der Waals surface area (Å²) < 4.78 is 28.5. The maximum Gasteiger partial charge on any atom is 0.193 e. The van der Waals surface area contributed by atoms with Gasteiger partial charge in [-0.1, -0.05) is 18.2 Å². The molecular weight excluding hydrogens is 299 g/mol. The van der Waals surface area contributed by atoms with E-state index in [0.717, 1.165) is 0 Å². The van der Waals surface area contributed by atoms with Gasteiger partial charge in [-0.05, 0) is 23.8 Å². The van der Waals surface area contributed by atoms with Crippen LogP contribution >= 0.6 is 0 Å². The van der Waals surface area contributed by atoms with Crippen molar-refractivity contribution in [3.8, 4) is 17.2 Å². The van der Waals surface area contributed by atoms with Gasteiger partial charge < -0.3 is 14.2 Å². The summed E-state index contributed by atoms with van der Waals surface area (Å²) in [6.07, 6.45) is 2.99. The molecule has 0 aromatic heterocycles. The van der Waals surface area contributed by atoms with Crippen molar-refractivity contribution in [1.29, 1.82) is 0 Å². The Kier molecular flexibility index (Phi) is 5.36. The third-order valence-electron chi connectivity index (χ3n) is 3.26. The van der Waals surface area contributed by atoms with E-state index in [9.17, 15) is 9.18 Å². The molecule has 0 radical (unpaired) electrons. The van der Waals surface area contributed by atoms with E-state index in [1.54, 1.807) is 30.3 Å². The summed E-state index contributed by atoms with van der Waals surface area (Å²) >= 11 is 0. The molecule has 0 saturated carbocycles. The molecule has 2 rings (SSSR count). The topological polar surface area (TPSA) is 44.8 Å². The fourth-order valence-electron chi connectivity index (χ4n) is 2.08. The first kappa shape index (κ1) is 16.5. The zero-order chi connectivity index (χ0) is 16.8. The molecule has 23 heavy (non-hydrogen) atoms. The first-order chi connectivity index (χ1) is 11.1. The van der Waals surface area contributed by atoms with E-state index < -0.39 is 0 Å². The van der Waals surface area contributed by atoms with Crippen molar-refractivity contribution in [3.05, 3.63) is 59.4 Å². The number of carbonyl (C=O) groups is 1. The Bertz CT molecular complexity index is 695. The van der Waals surface area contributed by atoms with Crippen LogP contribution in [0, 0.1) is 5.82 Å². The van der Waals surface area contributed by atoms with E-state index >= 15 is 0 Å². The summed E-state index contributed by atoms with van der Waals surface area (Å²) in [6, 6.07) is 9.06. The monoisotopic (exact) mass is 316 g/mol. The van der Waals surface area contributed by atoms with E-state index in [2.05, 4.69) is 0 Å². The lowest BCUT2D eigenvalue weighted by Crippen LogP contribution is -2.03. The fourth-order valence-corrected chi connectivity index (χ4v) is 2.08. The third kappa shape index (κ3) is 3.88. The molecule has 0 amide bonds. The van der Waals surface area contributed by atoms with Gasteiger partial charge in [-0.2, -0.15) is 0 Å². The van der Waals surface area contributed by atoms with Gasteiger partial charge in [-0.15, -0.1) is 0 Å². The van der Waals surface area contributed by atoms with Crippen LogP contribution in [0.4, 0.5) is 4.39 Å². The fraction of sp³-hybridized carbons (Fsp3) is 0.167. The van der Waals surface area contributed by atoms with Crippen molar-refractivity contribution in [2.24, 2.45) is 0 Å². The van der Waals surface area contributed by atoms with Crippen LogP contribution < -0.4 is 14.2 Å². The molecule has 120 valence electrons. The lowest BCUT2D eigenvalue weighted by Gasteiger charge is -2.13. The highest BCUT2D eigenvalue weighted by molar-refractivity contribution is 6.10. The SMILES string of the molecule is COc1cc(OC)c(C(=O)/C=C/c2ccc(F)cc2)c(OC)c1. The molecule has 0 aliphatic carbocycles. The number of ketones is 1. The molecule has 0 atom stereocenters. The van der Waals surface area contributed by atoms with Crippen LogP contribution in [-0.2, 0) is 0 Å². The van der Waals surface area contributed by atoms with Gasteiger partial charge in [0.05, 0.1) is 21.3 Å². The zero-order valence-corrected chi connectivity index (χ0v) is 13.1. The Labute approximate surface area is 134 Å². The van der Waals surface area contributed by atoms with Gasteiger partial charge >= 0.3 is 0 Å². The average Bonchev–Trinajstić information content (AvgIpc) is 2.59. The van der Waals surface area contributed by atoms with Crippen molar-refractivity contribution in [3.63, 3.8) is 0 Å². The van der Waals surface area contributed by atoms with Gasteiger partial charge in [0.25, 0.3) is 0 Å². The second kappa shape index (κ2) is 7.45.